The summed E-state index contributed by atoms with van der Waals surface area (Å²) in [6.07, 6.45) is 3.82. The summed E-state index contributed by atoms with van der Waals surface area (Å²) < 4.78 is 0. The second-order valence-electron chi connectivity index (χ2n) is 3.36. The average Bonchev–Trinajstić information content (AvgIpc) is 2.58. The second kappa shape index (κ2) is 2.05. The van der Waals surface area contributed by atoms with Gasteiger partial charge in [0.2, 0.25) is 0 Å². The molecule has 3 heteroatoms. The van der Waals surface area contributed by atoms with E-state index in [9.17, 15) is 0 Å². The van der Waals surface area contributed by atoms with Crippen LogP contribution < -0.4 is 5.32 Å². The van der Waals surface area contributed by atoms with Crippen molar-refractivity contribution in [3.8, 4) is 0 Å². The fourth-order valence-corrected chi connectivity index (χ4v) is 3.05. The summed E-state index contributed by atoms with van der Waals surface area (Å²) in [6.45, 7) is 0. The smallest absolute Gasteiger partial charge is 0.0798 e. The lowest BCUT2D eigenvalue weighted by atomic mass is 10.1. The molecule has 11 heavy (non-hydrogen) atoms. The van der Waals surface area contributed by atoms with E-state index in [2.05, 4.69) is 10.3 Å². The summed E-state index contributed by atoms with van der Waals surface area (Å²) in [7, 11) is 0. The van der Waals surface area contributed by atoms with Gasteiger partial charge in [-0.05, 0) is 12.8 Å². The molecule has 2 atom stereocenters. The molecule has 3 rings (SSSR count). The topological polar surface area (TPSA) is 24.9 Å². The lowest BCUT2D eigenvalue weighted by molar-refractivity contribution is 0.516. The van der Waals surface area contributed by atoms with Crippen LogP contribution in [0.1, 0.15) is 29.5 Å². The van der Waals surface area contributed by atoms with Gasteiger partial charge in [-0.2, -0.15) is 0 Å². The number of rotatable bonds is 0. The lowest BCUT2D eigenvalue weighted by Crippen LogP contribution is -2.30. The molecule has 2 unspecified atom stereocenters. The Morgan fingerprint density at radius 2 is 2.55 bits per heavy atom. The summed E-state index contributed by atoms with van der Waals surface area (Å²) in [4.78, 5) is 5.87. The van der Waals surface area contributed by atoms with Crippen molar-refractivity contribution in [1.82, 2.24) is 10.3 Å². The second-order valence-corrected chi connectivity index (χ2v) is 4.25. The Balaban J connectivity index is 2.12. The van der Waals surface area contributed by atoms with Crippen molar-refractivity contribution >= 4 is 11.3 Å². The molecule has 2 bridgehead atoms. The zero-order chi connectivity index (χ0) is 7.26. The molecular weight excluding hydrogens is 156 g/mol. The van der Waals surface area contributed by atoms with Crippen LogP contribution in [0.5, 0.6) is 0 Å². The van der Waals surface area contributed by atoms with Crippen LogP contribution in [0.15, 0.2) is 5.51 Å². The molecule has 0 radical (unpaired) electrons. The van der Waals surface area contributed by atoms with Crippen LogP contribution in [0.3, 0.4) is 0 Å². The monoisotopic (exact) mass is 166 g/mol. The summed E-state index contributed by atoms with van der Waals surface area (Å²) in [6, 6.07) is 1.38. The third-order valence-electron chi connectivity index (χ3n) is 2.67. The van der Waals surface area contributed by atoms with Gasteiger partial charge in [-0.15, -0.1) is 11.3 Å². The minimum Gasteiger partial charge on any atom is -0.306 e. The van der Waals surface area contributed by atoms with Crippen LogP contribution in [-0.2, 0) is 6.42 Å². The summed E-state index contributed by atoms with van der Waals surface area (Å²) >= 11 is 1.81. The van der Waals surface area contributed by atoms with Gasteiger partial charge in [0.15, 0.2) is 0 Å². The summed E-state index contributed by atoms with van der Waals surface area (Å²) in [5.41, 5.74) is 3.34. The van der Waals surface area contributed by atoms with Gasteiger partial charge >= 0.3 is 0 Å². The number of thiazole rings is 1. The summed E-state index contributed by atoms with van der Waals surface area (Å²) in [5, 5.41) is 3.60. The van der Waals surface area contributed by atoms with Crippen molar-refractivity contribution in [2.75, 3.05) is 0 Å². The Bertz CT molecular complexity index is 281. The highest BCUT2D eigenvalue weighted by atomic mass is 32.1. The first-order valence-corrected chi connectivity index (χ1v) is 5.00. The van der Waals surface area contributed by atoms with Crippen molar-refractivity contribution in [2.45, 2.75) is 31.3 Å². The fourth-order valence-electron chi connectivity index (χ4n) is 2.14. The van der Waals surface area contributed by atoms with E-state index in [1.807, 2.05) is 16.8 Å². The number of fused-ring (bicyclic) bond motifs is 4. The quantitative estimate of drug-likeness (QED) is 0.631. The highest BCUT2D eigenvalue weighted by molar-refractivity contribution is 7.09. The zero-order valence-corrected chi connectivity index (χ0v) is 7.03. The molecule has 0 amide bonds. The average molecular weight is 166 g/mol. The molecule has 1 saturated heterocycles. The van der Waals surface area contributed by atoms with Gasteiger partial charge in [0.25, 0.3) is 0 Å². The summed E-state index contributed by atoms with van der Waals surface area (Å²) in [5.74, 6) is 0. The van der Waals surface area contributed by atoms with Gasteiger partial charge in [0.05, 0.1) is 11.2 Å². The third kappa shape index (κ3) is 0.781. The van der Waals surface area contributed by atoms with Gasteiger partial charge in [-0.3, -0.25) is 0 Å². The van der Waals surface area contributed by atoms with Gasteiger partial charge in [-0.25, -0.2) is 4.98 Å². The van der Waals surface area contributed by atoms with E-state index in [1.54, 1.807) is 0 Å². The Labute approximate surface area is 69.7 Å². The highest BCUT2D eigenvalue weighted by Crippen LogP contribution is 2.37. The molecular formula is C8H10N2S. The van der Waals surface area contributed by atoms with Gasteiger partial charge in [0, 0.05) is 23.4 Å². The molecule has 2 aliphatic heterocycles. The Morgan fingerprint density at radius 1 is 1.55 bits per heavy atom. The Hall–Kier alpha value is -0.410. The molecule has 0 saturated carbocycles. The predicted molar refractivity (Wildman–Crippen MR) is 44.7 cm³/mol. The number of nitrogens with zero attached hydrogens (tertiary/aromatic N) is 1. The van der Waals surface area contributed by atoms with E-state index in [0.717, 1.165) is 12.5 Å². The highest BCUT2D eigenvalue weighted by Gasteiger charge is 2.33. The van der Waals surface area contributed by atoms with Crippen LogP contribution >= 0.6 is 11.3 Å². The van der Waals surface area contributed by atoms with E-state index in [0.29, 0.717) is 6.04 Å². The van der Waals surface area contributed by atoms with Gasteiger partial charge in [-0.1, -0.05) is 0 Å². The van der Waals surface area contributed by atoms with Crippen molar-refractivity contribution in [1.29, 1.82) is 0 Å². The van der Waals surface area contributed by atoms with Gasteiger partial charge < -0.3 is 5.32 Å². The Kier molecular flexibility index (Phi) is 1.14. The molecule has 58 valence electrons. The van der Waals surface area contributed by atoms with Crippen molar-refractivity contribution in [3.63, 3.8) is 0 Å². The number of hydrogen-bond donors (Lipinski definition) is 1. The molecule has 0 spiro atoms. The van der Waals surface area contributed by atoms with Crippen LogP contribution in [0.25, 0.3) is 0 Å². The van der Waals surface area contributed by atoms with E-state index < -0.39 is 0 Å². The molecule has 1 N–H and O–H groups in total. The third-order valence-corrected chi connectivity index (χ3v) is 3.65. The zero-order valence-electron chi connectivity index (χ0n) is 6.21. The van der Waals surface area contributed by atoms with Crippen LogP contribution in [0.2, 0.25) is 0 Å². The number of aromatic nitrogens is 1. The van der Waals surface area contributed by atoms with Crippen LogP contribution in [-0.4, -0.2) is 11.0 Å². The van der Waals surface area contributed by atoms with Crippen LogP contribution in [0, 0.1) is 0 Å². The minimum absolute atomic E-state index is 0.649. The predicted octanol–water partition coefficient (Wildman–Crippen LogP) is 1.49. The maximum Gasteiger partial charge on any atom is 0.0798 e. The van der Waals surface area contributed by atoms with E-state index >= 15 is 0 Å². The maximum absolute atomic E-state index is 4.38. The Morgan fingerprint density at radius 3 is 3.55 bits per heavy atom. The molecule has 0 aromatic carbocycles. The maximum atomic E-state index is 4.38. The molecule has 2 aliphatic rings. The SMILES string of the molecule is c1nc2c(s1)C1CCC(C2)N1. The first-order valence-electron chi connectivity index (χ1n) is 4.12. The van der Waals surface area contributed by atoms with Crippen molar-refractivity contribution < 1.29 is 0 Å². The number of nitrogens with one attached hydrogen (secondary N) is 1. The molecule has 1 aromatic heterocycles. The molecule has 0 aliphatic carbocycles. The number of hydrogen-bond acceptors (Lipinski definition) is 3. The van der Waals surface area contributed by atoms with E-state index in [-0.39, 0.29) is 0 Å². The fraction of sp³-hybridized carbons (Fsp3) is 0.625. The normalized spacial score (nSPS) is 33.8. The standard InChI is InChI=1S/C8H10N2S/c1-2-6-8-7(9-4-11-8)3-5(1)10-6/h4-6,10H,1-3H2. The van der Waals surface area contributed by atoms with E-state index in [4.69, 9.17) is 0 Å². The molecule has 1 aromatic rings. The molecule has 1 fully saturated rings. The van der Waals surface area contributed by atoms with Crippen LogP contribution in [0.4, 0.5) is 0 Å². The van der Waals surface area contributed by atoms with E-state index in [1.165, 1.54) is 23.4 Å². The first kappa shape index (κ1) is 6.14. The molecule has 2 nitrogen and oxygen atoms in total. The van der Waals surface area contributed by atoms with Crippen molar-refractivity contribution in [2.24, 2.45) is 0 Å². The first-order chi connectivity index (χ1) is 5.43. The van der Waals surface area contributed by atoms with Crippen molar-refractivity contribution in [3.05, 3.63) is 16.1 Å². The minimum atomic E-state index is 0.649. The molecule has 3 heterocycles. The van der Waals surface area contributed by atoms with Gasteiger partial charge in [0.1, 0.15) is 0 Å². The largest absolute Gasteiger partial charge is 0.306 e. The lowest BCUT2D eigenvalue weighted by Gasteiger charge is -2.19.